The summed E-state index contributed by atoms with van der Waals surface area (Å²) in [4.78, 5) is 0. The van der Waals surface area contributed by atoms with Crippen LogP contribution >= 0.6 is 0 Å². The van der Waals surface area contributed by atoms with Crippen LogP contribution in [-0.2, 0) is 11.3 Å². The van der Waals surface area contributed by atoms with Crippen molar-refractivity contribution in [1.82, 2.24) is 9.78 Å². The fraction of sp³-hybridized carbons (Fsp3) is 0.727. The average Bonchev–Trinajstić information content (AvgIpc) is 2.88. The number of hydrogen-bond acceptors (Lipinski definition) is 3. The third kappa shape index (κ3) is 2.96. The third-order valence-electron chi connectivity index (χ3n) is 2.67. The first-order valence-electron chi connectivity index (χ1n) is 5.65. The zero-order chi connectivity index (χ0) is 10.5. The normalized spacial score (nSPS) is 20.7. The first-order valence-corrected chi connectivity index (χ1v) is 5.65. The highest BCUT2D eigenvalue weighted by molar-refractivity contribution is 5.11. The van der Waals surface area contributed by atoms with Crippen LogP contribution in [0.15, 0.2) is 12.4 Å². The maximum atomic E-state index is 5.59. The minimum Gasteiger partial charge on any atom is -0.490 e. The molecule has 0 radical (unpaired) electrons. The van der Waals surface area contributed by atoms with Gasteiger partial charge >= 0.3 is 0 Å². The lowest BCUT2D eigenvalue weighted by atomic mass is 10.2. The van der Waals surface area contributed by atoms with E-state index in [1.54, 1.807) is 6.20 Å². The summed E-state index contributed by atoms with van der Waals surface area (Å²) in [7, 11) is 0. The summed E-state index contributed by atoms with van der Waals surface area (Å²) in [5.74, 6) is 0.856. The minimum atomic E-state index is 0.409. The molecule has 1 atom stereocenters. The third-order valence-corrected chi connectivity index (χ3v) is 2.67. The van der Waals surface area contributed by atoms with E-state index < -0.39 is 0 Å². The van der Waals surface area contributed by atoms with Crippen LogP contribution in [0.25, 0.3) is 0 Å². The van der Waals surface area contributed by atoms with Crippen LogP contribution in [0.5, 0.6) is 5.75 Å². The van der Waals surface area contributed by atoms with E-state index in [0.717, 1.165) is 31.9 Å². The van der Waals surface area contributed by atoms with Gasteiger partial charge in [-0.1, -0.05) is 0 Å². The highest BCUT2D eigenvalue weighted by Crippen LogP contribution is 2.16. The van der Waals surface area contributed by atoms with Gasteiger partial charge in [0.2, 0.25) is 0 Å². The van der Waals surface area contributed by atoms with E-state index in [0.29, 0.717) is 6.10 Å². The van der Waals surface area contributed by atoms with Crippen molar-refractivity contribution in [3.63, 3.8) is 0 Å². The molecule has 0 N–H and O–H groups in total. The summed E-state index contributed by atoms with van der Waals surface area (Å²) in [5, 5.41) is 4.15. The van der Waals surface area contributed by atoms with E-state index in [1.807, 2.05) is 10.9 Å². The molecule has 1 aliphatic heterocycles. The molecular weight excluding hydrogens is 192 g/mol. The first kappa shape index (κ1) is 10.5. The summed E-state index contributed by atoms with van der Waals surface area (Å²) >= 11 is 0. The summed E-state index contributed by atoms with van der Waals surface area (Å²) in [5.41, 5.74) is 0. The van der Waals surface area contributed by atoms with Crippen LogP contribution < -0.4 is 4.74 Å². The fourth-order valence-electron chi connectivity index (χ4n) is 1.77. The second-order valence-electron chi connectivity index (χ2n) is 3.80. The van der Waals surface area contributed by atoms with Crippen LogP contribution in [0.3, 0.4) is 0 Å². The number of rotatable bonds is 5. The Morgan fingerprint density at radius 3 is 3.27 bits per heavy atom. The number of nitrogens with zero attached hydrogens (tertiary/aromatic N) is 2. The van der Waals surface area contributed by atoms with Gasteiger partial charge in [-0.15, -0.1) is 0 Å². The smallest absolute Gasteiger partial charge is 0.157 e. The lowest BCUT2D eigenvalue weighted by Crippen LogP contribution is -2.10. The lowest BCUT2D eigenvalue weighted by molar-refractivity contribution is 0.0903. The van der Waals surface area contributed by atoms with Gasteiger partial charge in [0.05, 0.1) is 25.1 Å². The van der Waals surface area contributed by atoms with Crippen LogP contribution in [0, 0.1) is 0 Å². The summed E-state index contributed by atoms with van der Waals surface area (Å²) in [6.07, 6.45) is 7.45. The van der Waals surface area contributed by atoms with Gasteiger partial charge in [0.1, 0.15) is 0 Å². The molecule has 4 nitrogen and oxygen atoms in total. The Labute approximate surface area is 90.2 Å². The Kier molecular flexibility index (Phi) is 3.61. The molecule has 0 saturated carbocycles. The van der Waals surface area contributed by atoms with E-state index in [9.17, 15) is 0 Å². The number of aromatic nitrogens is 2. The first-order chi connectivity index (χ1) is 7.38. The van der Waals surface area contributed by atoms with Crippen molar-refractivity contribution in [2.24, 2.45) is 0 Å². The van der Waals surface area contributed by atoms with Crippen molar-refractivity contribution in [2.75, 3.05) is 13.2 Å². The SMILES string of the molecule is CCn1cc(OCCC2CCCO2)cn1. The van der Waals surface area contributed by atoms with Crippen molar-refractivity contribution >= 4 is 0 Å². The van der Waals surface area contributed by atoms with E-state index in [-0.39, 0.29) is 0 Å². The molecule has 15 heavy (non-hydrogen) atoms. The quantitative estimate of drug-likeness (QED) is 0.744. The Morgan fingerprint density at radius 1 is 1.67 bits per heavy atom. The van der Waals surface area contributed by atoms with Crippen molar-refractivity contribution in [1.29, 1.82) is 0 Å². The highest BCUT2D eigenvalue weighted by atomic mass is 16.5. The molecule has 1 aliphatic rings. The molecule has 0 aromatic carbocycles. The van der Waals surface area contributed by atoms with E-state index in [2.05, 4.69) is 12.0 Å². The summed E-state index contributed by atoms with van der Waals surface area (Å²) in [6, 6.07) is 0. The number of hydrogen-bond donors (Lipinski definition) is 0. The Morgan fingerprint density at radius 2 is 2.60 bits per heavy atom. The van der Waals surface area contributed by atoms with E-state index in [1.165, 1.54) is 12.8 Å². The maximum Gasteiger partial charge on any atom is 0.157 e. The summed E-state index contributed by atoms with van der Waals surface area (Å²) < 4.78 is 13.0. The fourth-order valence-corrected chi connectivity index (χ4v) is 1.77. The number of ether oxygens (including phenoxy) is 2. The molecule has 84 valence electrons. The van der Waals surface area contributed by atoms with Crippen molar-refractivity contribution in [3.05, 3.63) is 12.4 Å². The largest absolute Gasteiger partial charge is 0.490 e. The average molecular weight is 210 g/mol. The van der Waals surface area contributed by atoms with Gasteiger partial charge in [-0.3, -0.25) is 4.68 Å². The molecule has 1 unspecified atom stereocenters. The molecular formula is C11H18N2O2. The Balaban J connectivity index is 1.68. The monoisotopic (exact) mass is 210 g/mol. The summed E-state index contributed by atoms with van der Waals surface area (Å²) in [6.45, 7) is 4.58. The van der Waals surface area contributed by atoms with Gasteiger partial charge < -0.3 is 9.47 Å². The van der Waals surface area contributed by atoms with Crippen LogP contribution in [-0.4, -0.2) is 29.1 Å². The zero-order valence-electron chi connectivity index (χ0n) is 9.19. The van der Waals surface area contributed by atoms with Gasteiger partial charge in [-0.25, -0.2) is 0 Å². The molecule has 1 fully saturated rings. The maximum absolute atomic E-state index is 5.59. The predicted molar refractivity (Wildman–Crippen MR) is 57.0 cm³/mol. The molecule has 1 aromatic rings. The lowest BCUT2D eigenvalue weighted by Gasteiger charge is -2.08. The molecule has 1 saturated heterocycles. The van der Waals surface area contributed by atoms with Gasteiger partial charge in [0, 0.05) is 19.6 Å². The Hall–Kier alpha value is -1.03. The molecule has 0 aliphatic carbocycles. The zero-order valence-corrected chi connectivity index (χ0v) is 9.19. The molecule has 0 spiro atoms. The van der Waals surface area contributed by atoms with Gasteiger partial charge in [-0.2, -0.15) is 5.10 Å². The second kappa shape index (κ2) is 5.16. The minimum absolute atomic E-state index is 0.409. The second-order valence-corrected chi connectivity index (χ2v) is 3.80. The van der Waals surface area contributed by atoms with E-state index in [4.69, 9.17) is 9.47 Å². The van der Waals surface area contributed by atoms with Crippen LogP contribution in [0.4, 0.5) is 0 Å². The molecule has 0 bridgehead atoms. The molecule has 1 aromatic heterocycles. The van der Waals surface area contributed by atoms with Crippen molar-refractivity contribution < 1.29 is 9.47 Å². The molecule has 4 heteroatoms. The van der Waals surface area contributed by atoms with E-state index >= 15 is 0 Å². The molecule has 2 heterocycles. The topological polar surface area (TPSA) is 36.3 Å². The number of aryl methyl sites for hydroxylation is 1. The Bertz CT molecular complexity index is 293. The highest BCUT2D eigenvalue weighted by Gasteiger charge is 2.15. The van der Waals surface area contributed by atoms with Crippen molar-refractivity contribution in [3.8, 4) is 5.75 Å². The molecule has 0 amide bonds. The van der Waals surface area contributed by atoms with Crippen molar-refractivity contribution in [2.45, 2.75) is 38.8 Å². The van der Waals surface area contributed by atoms with Crippen LogP contribution in [0.1, 0.15) is 26.2 Å². The predicted octanol–water partition coefficient (Wildman–Crippen LogP) is 1.85. The van der Waals surface area contributed by atoms with Gasteiger partial charge in [-0.05, 0) is 19.8 Å². The molecule has 2 rings (SSSR count). The standard InChI is InChI=1S/C11H18N2O2/c1-2-13-9-11(8-12-13)15-7-5-10-4-3-6-14-10/h8-10H,2-7H2,1H3. The van der Waals surface area contributed by atoms with Gasteiger partial charge in [0.15, 0.2) is 5.75 Å². The van der Waals surface area contributed by atoms with Crippen LogP contribution in [0.2, 0.25) is 0 Å². The van der Waals surface area contributed by atoms with Gasteiger partial charge in [0.25, 0.3) is 0 Å².